The van der Waals surface area contributed by atoms with Gasteiger partial charge in [-0.2, -0.15) is 8.42 Å². The van der Waals surface area contributed by atoms with E-state index in [1.807, 2.05) is 0 Å². The van der Waals surface area contributed by atoms with E-state index in [1.54, 1.807) is 0 Å². The zero-order valence-corrected chi connectivity index (χ0v) is 8.40. The number of hydrogen-bond donors (Lipinski definition) is 2. The maximum absolute atomic E-state index is 11.3. The van der Waals surface area contributed by atoms with E-state index in [2.05, 4.69) is 0 Å². The molecule has 0 aromatic heterocycles. The van der Waals surface area contributed by atoms with Gasteiger partial charge in [0.05, 0.1) is 0 Å². The summed E-state index contributed by atoms with van der Waals surface area (Å²) in [6.45, 7) is 0. The first-order valence-electron chi connectivity index (χ1n) is 4.43. The van der Waals surface area contributed by atoms with Crippen molar-refractivity contribution < 1.29 is 23.0 Å². The fraction of sp³-hybridized carbons (Fsp3) is 0.857. The van der Waals surface area contributed by atoms with E-state index >= 15 is 0 Å². The van der Waals surface area contributed by atoms with Crippen LogP contribution in [-0.2, 0) is 15.1 Å². The molecule has 0 bridgehead atoms. The number of hydroxylamine groups is 1. The molecule has 6 nitrogen and oxygen atoms in total. The maximum Gasteiger partial charge on any atom is 0.385 e. The minimum absolute atomic E-state index is 0.490. The van der Waals surface area contributed by atoms with Crippen LogP contribution in [0.3, 0.4) is 0 Å². The number of nitrogens with zero attached hydrogens (tertiary/aromatic N) is 1. The van der Waals surface area contributed by atoms with Crippen molar-refractivity contribution in [3.8, 4) is 0 Å². The third-order valence-electron chi connectivity index (χ3n) is 2.36. The molecule has 82 valence electrons. The van der Waals surface area contributed by atoms with Gasteiger partial charge in [-0.15, -0.1) is 0 Å². The topological polar surface area (TPSA) is 94.9 Å². The molecule has 1 amide bonds. The lowest BCUT2D eigenvalue weighted by Gasteiger charge is -2.22. The molecule has 0 atom stereocenters. The average molecular weight is 223 g/mol. The normalized spacial score (nSPS) is 19.3. The van der Waals surface area contributed by atoms with E-state index in [1.165, 1.54) is 0 Å². The van der Waals surface area contributed by atoms with Crippen molar-refractivity contribution in [1.82, 2.24) is 4.47 Å². The molecule has 0 aromatic rings. The van der Waals surface area contributed by atoms with Gasteiger partial charge in [-0.3, -0.25) is 14.6 Å². The molecule has 1 aliphatic carbocycles. The maximum atomic E-state index is 11.3. The van der Waals surface area contributed by atoms with Crippen LogP contribution in [0.1, 0.15) is 32.1 Å². The number of amides is 1. The largest absolute Gasteiger partial charge is 0.385 e. The van der Waals surface area contributed by atoms with Gasteiger partial charge in [-0.05, 0) is 12.8 Å². The Morgan fingerprint density at radius 3 is 2.14 bits per heavy atom. The molecule has 7 heteroatoms. The first-order valence-corrected chi connectivity index (χ1v) is 5.83. The molecule has 1 saturated carbocycles. The van der Waals surface area contributed by atoms with Crippen molar-refractivity contribution in [1.29, 1.82) is 0 Å². The van der Waals surface area contributed by atoms with E-state index in [0.717, 1.165) is 19.3 Å². The molecular formula is C7H13NO5S. The lowest BCUT2D eigenvalue weighted by Crippen LogP contribution is -2.38. The highest BCUT2D eigenvalue weighted by molar-refractivity contribution is 7.83. The Balaban J connectivity index is 2.64. The molecule has 14 heavy (non-hydrogen) atoms. The molecule has 0 saturated heterocycles. The third kappa shape index (κ3) is 2.66. The highest BCUT2D eigenvalue weighted by Crippen LogP contribution is 2.25. The number of carbonyl (C=O) groups is 1. The molecule has 0 unspecified atom stereocenters. The zero-order chi connectivity index (χ0) is 10.8. The molecule has 0 radical (unpaired) electrons. The fourth-order valence-corrected chi connectivity index (χ4v) is 2.00. The minimum atomic E-state index is -4.81. The molecule has 1 rings (SSSR count). The number of carbonyl (C=O) groups excluding carboxylic acids is 1. The number of hydrogen-bond acceptors (Lipinski definition) is 4. The van der Waals surface area contributed by atoms with E-state index in [0.29, 0.717) is 12.8 Å². The van der Waals surface area contributed by atoms with Gasteiger partial charge >= 0.3 is 10.3 Å². The lowest BCUT2D eigenvalue weighted by atomic mass is 9.89. The third-order valence-corrected chi connectivity index (χ3v) is 2.98. The van der Waals surface area contributed by atoms with Crippen molar-refractivity contribution in [2.24, 2.45) is 5.92 Å². The standard InChI is InChI=1S/C7H13NO5S/c9-7(8(10)14(11,12)13)6-4-2-1-3-5-6/h6,10H,1-5H2,(H,11,12,13). The SMILES string of the molecule is O=C(C1CCCCC1)N(O)S(=O)(=O)O. The van der Waals surface area contributed by atoms with Crippen LogP contribution in [0, 0.1) is 5.92 Å². The van der Waals surface area contributed by atoms with Gasteiger partial charge in [-0.25, -0.2) is 0 Å². The lowest BCUT2D eigenvalue weighted by molar-refractivity contribution is -0.152. The van der Waals surface area contributed by atoms with E-state index < -0.39 is 26.6 Å². The van der Waals surface area contributed by atoms with Crippen molar-refractivity contribution in [2.45, 2.75) is 32.1 Å². The Morgan fingerprint density at radius 2 is 1.71 bits per heavy atom. The summed E-state index contributed by atoms with van der Waals surface area (Å²) in [5.41, 5.74) is 0. The summed E-state index contributed by atoms with van der Waals surface area (Å²) in [6.07, 6.45) is 3.82. The second-order valence-electron chi connectivity index (χ2n) is 3.39. The van der Waals surface area contributed by atoms with Crippen molar-refractivity contribution >= 4 is 16.2 Å². The summed E-state index contributed by atoms with van der Waals surface area (Å²) >= 11 is 0. The smallest absolute Gasteiger partial charge is 0.271 e. The van der Waals surface area contributed by atoms with Gasteiger partial charge < -0.3 is 0 Å². The Labute approximate surface area is 82.4 Å². The van der Waals surface area contributed by atoms with Gasteiger partial charge in [0.1, 0.15) is 0 Å². The predicted molar refractivity (Wildman–Crippen MR) is 46.8 cm³/mol. The predicted octanol–water partition coefficient (Wildman–Crippen LogP) is 0.587. The summed E-state index contributed by atoms with van der Waals surface area (Å²) in [5.74, 6) is -1.43. The Morgan fingerprint density at radius 1 is 1.21 bits per heavy atom. The highest BCUT2D eigenvalue weighted by Gasteiger charge is 2.31. The monoisotopic (exact) mass is 223 g/mol. The Kier molecular flexibility index (Phi) is 3.46. The zero-order valence-electron chi connectivity index (χ0n) is 7.59. The van der Waals surface area contributed by atoms with Gasteiger partial charge in [-0.1, -0.05) is 23.7 Å². The number of rotatable bonds is 2. The van der Waals surface area contributed by atoms with Crippen LogP contribution in [0.4, 0.5) is 0 Å². The first-order chi connectivity index (χ1) is 6.43. The van der Waals surface area contributed by atoms with Crippen molar-refractivity contribution in [2.75, 3.05) is 0 Å². The van der Waals surface area contributed by atoms with Crippen LogP contribution in [0.5, 0.6) is 0 Å². The van der Waals surface area contributed by atoms with E-state index in [4.69, 9.17) is 9.76 Å². The second-order valence-corrected chi connectivity index (χ2v) is 4.64. The second kappa shape index (κ2) is 4.24. The van der Waals surface area contributed by atoms with Gasteiger partial charge in [0, 0.05) is 5.92 Å². The quantitative estimate of drug-likeness (QED) is 0.406. The van der Waals surface area contributed by atoms with Gasteiger partial charge in [0.15, 0.2) is 0 Å². The van der Waals surface area contributed by atoms with Crippen LogP contribution in [0.2, 0.25) is 0 Å². The highest BCUT2D eigenvalue weighted by atomic mass is 32.2. The van der Waals surface area contributed by atoms with Crippen LogP contribution in [0.25, 0.3) is 0 Å². The summed E-state index contributed by atoms with van der Waals surface area (Å²) in [6, 6.07) is 0. The van der Waals surface area contributed by atoms with Crippen LogP contribution < -0.4 is 0 Å². The van der Waals surface area contributed by atoms with Crippen LogP contribution in [-0.4, -0.2) is 28.6 Å². The average Bonchev–Trinajstić information content (AvgIpc) is 2.15. The molecule has 0 aliphatic heterocycles. The molecular weight excluding hydrogens is 210 g/mol. The van der Waals surface area contributed by atoms with Crippen molar-refractivity contribution in [3.05, 3.63) is 0 Å². The summed E-state index contributed by atoms with van der Waals surface area (Å²) in [4.78, 5) is 11.3. The Hall–Kier alpha value is -0.660. The fourth-order valence-electron chi connectivity index (χ4n) is 1.62. The molecule has 1 fully saturated rings. The van der Waals surface area contributed by atoms with Gasteiger partial charge in [0.25, 0.3) is 5.91 Å². The van der Waals surface area contributed by atoms with E-state index in [9.17, 15) is 13.2 Å². The molecule has 0 spiro atoms. The van der Waals surface area contributed by atoms with Crippen molar-refractivity contribution in [3.63, 3.8) is 0 Å². The molecule has 2 N–H and O–H groups in total. The van der Waals surface area contributed by atoms with E-state index in [-0.39, 0.29) is 0 Å². The minimum Gasteiger partial charge on any atom is -0.271 e. The van der Waals surface area contributed by atoms with Crippen LogP contribution >= 0.6 is 0 Å². The Bertz CT molecular complexity index is 306. The summed E-state index contributed by atoms with van der Waals surface area (Å²) in [5, 5.41) is 8.85. The molecule has 0 aromatic carbocycles. The van der Waals surface area contributed by atoms with Crippen LogP contribution in [0.15, 0.2) is 0 Å². The first kappa shape index (κ1) is 11.4. The van der Waals surface area contributed by atoms with Gasteiger partial charge in [0.2, 0.25) is 0 Å². The summed E-state index contributed by atoms with van der Waals surface area (Å²) in [7, 11) is -4.81. The summed E-state index contributed by atoms with van der Waals surface area (Å²) < 4.78 is 28.7. The molecule has 0 heterocycles. The molecule has 1 aliphatic rings.